The summed E-state index contributed by atoms with van der Waals surface area (Å²) in [5.74, 6) is -0.220. The zero-order valence-electron chi connectivity index (χ0n) is 18.2. The van der Waals surface area contributed by atoms with E-state index in [-0.39, 0.29) is 27.3 Å². The number of ether oxygens (including phenoxy) is 1. The first-order valence-electron chi connectivity index (χ1n) is 9.54. The standard InChI is InChI=1S/C20H20ClN5O5S3/c1-26(2)34(29,30)14-7-4-12(5-8-14)18(28)23-19-24-25-20(33-19)32-11-17(27)22-15-10-13(21)6-9-16(15)31-3/h4-10H,11H2,1-3H3,(H,22,27)(H,23,24,28). The molecule has 3 aromatic rings. The van der Waals surface area contributed by atoms with E-state index in [9.17, 15) is 18.0 Å². The lowest BCUT2D eigenvalue weighted by molar-refractivity contribution is -0.113. The fourth-order valence-corrected chi connectivity index (χ4v) is 5.19. The van der Waals surface area contributed by atoms with E-state index in [2.05, 4.69) is 20.8 Å². The van der Waals surface area contributed by atoms with Crippen LogP contribution in [0.5, 0.6) is 5.75 Å². The van der Waals surface area contributed by atoms with Crippen molar-refractivity contribution in [3.05, 3.63) is 53.1 Å². The first-order valence-corrected chi connectivity index (χ1v) is 13.2. The minimum atomic E-state index is -3.58. The van der Waals surface area contributed by atoms with Gasteiger partial charge in [0.05, 0.1) is 23.4 Å². The number of benzene rings is 2. The summed E-state index contributed by atoms with van der Waals surface area (Å²) in [5, 5.41) is 13.9. The van der Waals surface area contributed by atoms with Crippen molar-refractivity contribution in [3.63, 3.8) is 0 Å². The number of hydrogen-bond donors (Lipinski definition) is 2. The van der Waals surface area contributed by atoms with Crippen molar-refractivity contribution < 1.29 is 22.7 Å². The molecule has 0 unspecified atom stereocenters. The van der Waals surface area contributed by atoms with Crippen LogP contribution in [-0.2, 0) is 14.8 Å². The van der Waals surface area contributed by atoms with E-state index in [0.717, 1.165) is 27.4 Å². The van der Waals surface area contributed by atoms with Gasteiger partial charge in [0, 0.05) is 24.7 Å². The van der Waals surface area contributed by atoms with Gasteiger partial charge in [0.25, 0.3) is 5.91 Å². The molecule has 10 nitrogen and oxygen atoms in total. The Labute approximate surface area is 209 Å². The summed E-state index contributed by atoms with van der Waals surface area (Å²) in [6, 6.07) is 10.4. The number of halogens is 1. The summed E-state index contributed by atoms with van der Waals surface area (Å²) in [6.45, 7) is 0. The van der Waals surface area contributed by atoms with Gasteiger partial charge in [-0.2, -0.15) is 0 Å². The lowest BCUT2D eigenvalue weighted by Gasteiger charge is -2.11. The number of nitrogens with zero attached hydrogens (tertiary/aromatic N) is 3. The molecule has 0 aliphatic carbocycles. The predicted octanol–water partition coefficient (Wildman–Crippen LogP) is 3.43. The summed E-state index contributed by atoms with van der Waals surface area (Å²) in [6.07, 6.45) is 0. The molecule has 2 aromatic carbocycles. The van der Waals surface area contributed by atoms with E-state index in [1.807, 2.05) is 0 Å². The molecule has 1 aromatic heterocycles. The van der Waals surface area contributed by atoms with Crippen LogP contribution < -0.4 is 15.4 Å². The molecule has 0 spiro atoms. The van der Waals surface area contributed by atoms with E-state index in [1.54, 1.807) is 18.2 Å². The van der Waals surface area contributed by atoms with Crippen LogP contribution in [0.4, 0.5) is 10.8 Å². The summed E-state index contributed by atoms with van der Waals surface area (Å²) >= 11 is 8.23. The number of amides is 2. The van der Waals surface area contributed by atoms with Crippen LogP contribution >= 0.6 is 34.7 Å². The van der Waals surface area contributed by atoms with Crippen LogP contribution in [0.3, 0.4) is 0 Å². The van der Waals surface area contributed by atoms with Crippen molar-refractivity contribution in [1.29, 1.82) is 0 Å². The molecule has 0 bridgehead atoms. The third-order valence-corrected chi connectivity index (χ3v) is 8.32. The van der Waals surface area contributed by atoms with Crippen LogP contribution in [0.1, 0.15) is 10.4 Å². The number of sulfonamides is 1. The molecular weight excluding hydrogens is 522 g/mol. The first kappa shape index (κ1) is 25.9. The molecule has 34 heavy (non-hydrogen) atoms. The molecular formula is C20H20ClN5O5S3. The van der Waals surface area contributed by atoms with Crippen molar-refractivity contribution in [3.8, 4) is 5.75 Å². The Balaban J connectivity index is 1.56. The van der Waals surface area contributed by atoms with Crippen molar-refractivity contribution in [2.45, 2.75) is 9.24 Å². The maximum atomic E-state index is 12.4. The zero-order chi connectivity index (χ0) is 24.9. The second-order valence-corrected chi connectivity index (χ2v) is 11.6. The second kappa shape index (κ2) is 11.1. The van der Waals surface area contributed by atoms with E-state index in [1.165, 1.54) is 45.5 Å². The van der Waals surface area contributed by atoms with Crippen LogP contribution in [-0.4, -0.2) is 61.7 Å². The van der Waals surface area contributed by atoms with Gasteiger partial charge in [-0.1, -0.05) is 34.7 Å². The maximum Gasteiger partial charge on any atom is 0.257 e. The normalized spacial score (nSPS) is 11.3. The minimum Gasteiger partial charge on any atom is -0.495 e. The van der Waals surface area contributed by atoms with E-state index in [0.29, 0.717) is 20.8 Å². The Morgan fingerprint density at radius 2 is 1.82 bits per heavy atom. The van der Waals surface area contributed by atoms with Gasteiger partial charge in [-0.25, -0.2) is 12.7 Å². The van der Waals surface area contributed by atoms with Crippen LogP contribution in [0.15, 0.2) is 51.7 Å². The summed E-state index contributed by atoms with van der Waals surface area (Å²) in [4.78, 5) is 24.8. The average molecular weight is 542 g/mol. The van der Waals surface area contributed by atoms with Gasteiger partial charge < -0.3 is 10.1 Å². The molecule has 180 valence electrons. The molecule has 0 saturated heterocycles. The molecule has 0 saturated carbocycles. The summed E-state index contributed by atoms with van der Waals surface area (Å²) in [5.41, 5.74) is 0.715. The number of aromatic nitrogens is 2. The van der Waals surface area contributed by atoms with Crippen LogP contribution in [0.25, 0.3) is 0 Å². The fourth-order valence-electron chi connectivity index (χ4n) is 2.57. The van der Waals surface area contributed by atoms with Gasteiger partial charge >= 0.3 is 0 Å². The van der Waals surface area contributed by atoms with Crippen molar-refractivity contribution in [1.82, 2.24) is 14.5 Å². The fraction of sp³-hybridized carbons (Fsp3) is 0.200. The Hall–Kier alpha value is -2.71. The average Bonchev–Trinajstić information content (AvgIpc) is 3.25. The number of carbonyl (C=O) groups is 2. The topological polar surface area (TPSA) is 131 Å². The quantitative estimate of drug-likeness (QED) is 0.311. The third-order valence-electron chi connectivity index (χ3n) is 4.28. The van der Waals surface area contributed by atoms with E-state index >= 15 is 0 Å². The second-order valence-electron chi connectivity index (χ2n) is 6.82. The van der Waals surface area contributed by atoms with E-state index < -0.39 is 15.9 Å². The predicted molar refractivity (Wildman–Crippen MR) is 133 cm³/mol. The highest BCUT2D eigenvalue weighted by molar-refractivity contribution is 8.01. The number of nitrogens with one attached hydrogen (secondary N) is 2. The number of anilines is 2. The van der Waals surface area contributed by atoms with Crippen molar-refractivity contribution in [2.24, 2.45) is 0 Å². The van der Waals surface area contributed by atoms with E-state index in [4.69, 9.17) is 16.3 Å². The lowest BCUT2D eigenvalue weighted by Crippen LogP contribution is -2.22. The van der Waals surface area contributed by atoms with Gasteiger partial charge in [-0.15, -0.1) is 10.2 Å². The Kier molecular flexibility index (Phi) is 8.49. The highest BCUT2D eigenvalue weighted by atomic mass is 35.5. The number of methoxy groups -OCH3 is 1. The zero-order valence-corrected chi connectivity index (χ0v) is 21.4. The minimum absolute atomic E-state index is 0.0556. The number of rotatable bonds is 9. The van der Waals surface area contributed by atoms with Crippen LogP contribution in [0, 0.1) is 0 Å². The number of hydrogen-bond acceptors (Lipinski definition) is 9. The van der Waals surface area contributed by atoms with Gasteiger partial charge in [0.15, 0.2) is 4.34 Å². The monoisotopic (exact) mass is 541 g/mol. The Morgan fingerprint density at radius 1 is 1.12 bits per heavy atom. The summed E-state index contributed by atoms with van der Waals surface area (Å²) in [7, 11) is 0.767. The van der Waals surface area contributed by atoms with Gasteiger partial charge in [-0.3, -0.25) is 14.9 Å². The largest absolute Gasteiger partial charge is 0.495 e. The molecule has 0 atom stereocenters. The van der Waals surface area contributed by atoms with Crippen molar-refractivity contribution in [2.75, 3.05) is 37.6 Å². The molecule has 0 fully saturated rings. The maximum absolute atomic E-state index is 12.4. The number of carbonyl (C=O) groups excluding carboxylic acids is 2. The Bertz CT molecular complexity index is 1300. The highest BCUT2D eigenvalue weighted by Gasteiger charge is 2.18. The Morgan fingerprint density at radius 3 is 2.47 bits per heavy atom. The molecule has 2 N–H and O–H groups in total. The lowest BCUT2D eigenvalue weighted by atomic mass is 10.2. The molecule has 3 rings (SSSR count). The summed E-state index contributed by atoms with van der Waals surface area (Å²) < 4.78 is 31.0. The third kappa shape index (κ3) is 6.45. The van der Waals surface area contributed by atoms with Gasteiger partial charge in [0.1, 0.15) is 5.75 Å². The first-order chi connectivity index (χ1) is 16.1. The number of thioether (sulfide) groups is 1. The molecule has 14 heteroatoms. The van der Waals surface area contributed by atoms with Crippen LogP contribution in [0.2, 0.25) is 5.02 Å². The molecule has 2 amide bonds. The van der Waals surface area contributed by atoms with Gasteiger partial charge in [0.2, 0.25) is 21.1 Å². The van der Waals surface area contributed by atoms with Gasteiger partial charge in [-0.05, 0) is 42.5 Å². The highest BCUT2D eigenvalue weighted by Crippen LogP contribution is 2.29. The molecule has 1 heterocycles. The smallest absolute Gasteiger partial charge is 0.257 e. The molecule has 0 radical (unpaired) electrons. The molecule has 0 aliphatic rings. The SMILES string of the molecule is COc1ccc(Cl)cc1NC(=O)CSc1nnc(NC(=O)c2ccc(S(=O)(=O)N(C)C)cc2)s1. The van der Waals surface area contributed by atoms with Crippen molar-refractivity contribution >= 4 is 67.4 Å². The molecule has 0 aliphatic heterocycles.